The molecule has 0 saturated heterocycles. The second-order valence-electron chi connectivity index (χ2n) is 1.17. The van der Waals surface area contributed by atoms with Gasteiger partial charge in [0.05, 0.1) is 6.42 Å². The van der Waals surface area contributed by atoms with Crippen LogP contribution in [0.5, 0.6) is 0 Å². The summed E-state index contributed by atoms with van der Waals surface area (Å²) in [5, 5.41) is 6.17. The first-order chi connectivity index (χ1) is 3.06. The van der Waals surface area contributed by atoms with Gasteiger partial charge in [0.1, 0.15) is 0 Å². The normalized spacial score (nSPS) is 9.88. The van der Waals surface area contributed by atoms with Crippen molar-refractivity contribution in [1.82, 2.24) is 0 Å². The van der Waals surface area contributed by atoms with E-state index in [1.54, 1.807) is 0 Å². The molecule has 0 aliphatic carbocycles. The molecule has 0 fully saturated rings. The zero-order valence-corrected chi connectivity index (χ0v) is 4.84. The number of rotatable bonds is 2. The molecule has 0 atom stereocenters. The Kier molecular flexibility index (Phi) is 5.01. The Morgan fingerprint density at radius 3 is 2.00 bits per heavy atom. The topological polar surface area (TPSA) is 49.9 Å². The fraction of sp³-hybridized carbons (Fsp3) is 0.667. The van der Waals surface area contributed by atoms with Crippen LogP contribution in [0.3, 0.4) is 0 Å². The van der Waals surface area contributed by atoms with Gasteiger partial charge in [-0.25, -0.2) is 0 Å². The molecule has 0 bridgehead atoms. The lowest BCUT2D eigenvalue weighted by molar-refractivity contribution is 0.0172. The molecule has 0 unspecified atom stereocenters. The van der Waals surface area contributed by atoms with Crippen LogP contribution in [0.4, 0.5) is 8.78 Å². The van der Waals surface area contributed by atoms with E-state index in [2.05, 4.69) is 5.73 Å². The SMILES string of the molecule is Cl.N=CCC(N)(F)F. The molecule has 3 N–H and O–H groups in total. The highest BCUT2D eigenvalue weighted by Gasteiger charge is 2.18. The standard InChI is InChI=1S/C3H6F2N2.ClH/c4-3(5,7)1-2-6;/h2,6H,1,7H2;1H. The maximum Gasteiger partial charge on any atom is 0.304 e. The van der Waals surface area contributed by atoms with E-state index in [1.807, 2.05) is 0 Å². The van der Waals surface area contributed by atoms with Crippen LogP contribution in [-0.2, 0) is 0 Å². The fourth-order valence-electron chi connectivity index (χ4n) is 0.136. The number of nitrogens with two attached hydrogens (primary N) is 1. The third-order valence-electron chi connectivity index (χ3n) is 0.374. The molecule has 0 saturated carbocycles. The molecule has 0 heterocycles. The van der Waals surface area contributed by atoms with Crippen LogP contribution in [0.1, 0.15) is 6.42 Å². The number of hydrogen-bond acceptors (Lipinski definition) is 2. The van der Waals surface area contributed by atoms with Gasteiger partial charge in [-0.2, -0.15) is 8.78 Å². The minimum atomic E-state index is -3.19. The molecule has 0 aliphatic rings. The monoisotopic (exact) mass is 144 g/mol. The zero-order valence-electron chi connectivity index (χ0n) is 4.03. The summed E-state index contributed by atoms with van der Waals surface area (Å²) in [4.78, 5) is 0. The summed E-state index contributed by atoms with van der Waals surface area (Å²) in [6.07, 6.45) is -0.0903. The molecule has 0 radical (unpaired) electrons. The average Bonchev–Trinajstić information content (AvgIpc) is 1.30. The molecule has 0 rings (SSSR count). The largest absolute Gasteiger partial charge is 0.313 e. The second-order valence-corrected chi connectivity index (χ2v) is 1.17. The molecule has 5 heteroatoms. The average molecular weight is 145 g/mol. The van der Waals surface area contributed by atoms with Gasteiger partial charge >= 0.3 is 6.05 Å². The molecule has 50 valence electrons. The summed E-state index contributed by atoms with van der Waals surface area (Å²) < 4.78 is 22.7. The van der Waals surface area contributed by atoms with Crippen molar-refractivity contribution in [2.24, 2.45) is 5.73 Å². The highest BCUT2D eigenvalue weighted by Crippen LogP contribution is 2.05. The Hall–Kier alpha value is -0.220. The van der Waals surface area contributed by atoms with Gasteiger partial charge in [-0.1, -0.05) is 0 Å². The molecule has 0 aliphatic heterocycles. The van der Waals surface area contributed by atoms with Gasteiger partial charge < -0.3 is 5.41 Å². The minimum Gasteiger partial charge on any atom is -0.313 e. The highest BCUT2D eigenvalue weighted by molar-refractivity contribution is 5.85. The molecular weight excluding hydrogens is 137 g/mol. The molecule has 2 nitrogen and oxygen atoms in total. The Bertz CT molecular complexity index is 70.2. The van der Waals surface area contributed by atoms with Crippen LogP contribution in [0.15, 0.2) is 0 Å². The lowest BCUT2D eigenvalue weighted by atomic mass is 10.4. The van der Waals surface area contributed by atoms with Crippen LogP contribution in [0.25, 0.3) is 0 Å². The van der Waals surface area contributed by atoms with Crippen molar-refractivity contribution in [3.8, 4) is 0 Å². The smallest absolute Gasteiger partial charge is 0.304 e. The molecule has 0 amide bonds. The molecule has 0 aromatic heterocycles. The minimum absolute atomic E-state index is 0. The van der Waals surface area contributed by atoms with Crippen molar-refractivity contribution in [1.29, 1.82) is 5.41 Å². The number of alkyl halides is 2. The summed E-state index contributed by atoms with van der Waals surface area (Å²) in [5.74, 6) is 0. The Labute approximate surface area is 52.0 Å². The second kappa shape index (κ2) is 3.74. The van der Waals surface area contributed by atoms with Crippen LogP contribution in [-0.4, -0.2) is 12.3 Å². The lowest BCUT2D eigenvalue weighted by Gasteiger charge is -2.02. The number of hydrogen-bond donors (Lipinski definition) is 2. The van der Waals surface area contributed by atoms with E-state index in [-0.39, 0.29) is 12.4 Å². The Morgan fingerprint density at radius 2 is 2.00 bits per heavy atom. The Morgan fingerprint density at radius 1 is 1.62 bits per heavy atom. The quantitative estimate of drug-likeness (QED) is 0.441. The molecule has 0 spiro atoms. The summed E-state index contributed by atoms with van der Waals surface area (Å²) in [6.45, 7) is 0. The first kappa shape index (κ1) is 10.7. The lowest BCUT2D eigenvalue weighted by Crippen LogP contribution is -2.28. The van der Waals surface area contributed by atoms with Crippen molar-refractivity contribution in [3.63, 3.8) is 0 Å². The van der Waals surface area contributed by atoms with Crippen LogP contribution >= 0.6 is 12.4 Å². The van der Waals surface area contributed by atoms with Gasteiger partial charge in [0.2, 0.25) is 0 Å². The predicted molar refractivity (Wildman–Crippen MR) is 29.8 cm³/mol. The molecule has 0 aromatic rings. The van der Waals surface area contributed by atoms with Crippen molar-refractivity contribution in [3.05, 3.63) is 0 Å². The van der Waals surface area contributed by atoms with Crippen molar-refractivity contribution >= 4 is 18.6 Å². The highest BCUT2D eigenvalue weighted by atomic mass is 35.5. The summed E-state index contributed by atoms with van der Waals surface area (Å²) >= 11 is 0. The van der Waals surface area contributed by atoms with Gasteiger partial charge in [0, 0.05) is 6.21 Å². The van der Waals surface area contributed by atoms with E-state index in [4.69, 9.17) is 5.41 Å². The van der Waals surface area contributed by atoms with Gasteiger partial charge in [-0.05, 0) is 0 Å². The third-order valence-corrected chi connectivity index (χ3v) is 0.374. The van der Waals surface area contributed by atoms with Crippen molar-refractivity contribution in [2.45, 2.75) is 12.5 Å². The van der Waals surface area contributed by atoms with E-state index in [0.29, 0.717) is 6.21 Å². The van der Waals surface area contributed by atoms with E-state index < -0.39 is 12.5 Å². The zero-order chi connectivity index (χ0) is 5.91. The van der Waals surface area contributed by atoms with E-state index >= 15 is 0 Å². The van der Waals surface area contributed by atoms with Gasteiger partial charge in [-0.15, -0.1) is 12.4 Å². The fourth-order valence-corrected chi connectivity index (χ4v) is 0.136. The van der Waals surface area contributed by atoms with Gasteiger partial charge in [-0.3, -0.25) is 5.73 Å². The van der Waals surface area contributed by atoms with Gasteiger partial charge in [0.15, 0.2) is 0 Å². The molecular formula is C3H7ClF2N2. The maximum atomic E-state index is 11.3. The number of halogens is 3. The summed E-state index contributed by atoms with van der Waals surface area (Å²) in [5.41, 5.74) is 4.16. The first-order valence-electron chi connectivity index (χ1n) is 1.72. The van der Waals surface area contributed by atoms with Crippen LogP contribution in [0, 0.1) is 5.41 Å². The van der Waals surface area contributed by atoms with E-state index in [1.165, 1.54) is 0 Å². The third kappa shape index (κ3) is 9.24. The van der Waals surface area contributed by atoms with E-state index in [9.17, 15) is 8.78 Å². The Balaban J connectivity index is 0. The first-order valence-corrected chi connectivity index (χ1v) is 1.72. The molecule has 8 heavy (non-hydrogen) atoms. The summed E-state index contributed by atoms with van der Waals surface area (Å²) in [6, 6.07) is -3.19. The predicted octanol–water partition coefficient (Wildman–Crippen LogP) is 0.999. The van der Waals surface area contributed by atoms with Crippen LogP contribution < -0.4 is 5.73 Å². The van der Waals surface area contributed by atoms with E-state index in [0.717, 1.165) is 0 Å². The molecule has 0 aromatic carbocycles. The number of nitrogens with one attached hydrogen (secondary N) is 1. The van der Waals surface area contributed by atoms with Gasteiger partial charge in [0.25, 0.3) is 0 Å². The van der Waals surface area contributed by atoms with Crippen LogP contribution in [0.2, 0.25) is 0 Å². The maximum absolute atomic E-state index is 11.3. The van der Waals surface area contributed by atoms with Crippen molar-refractivity contribution < 1.29 is 8.78 Å². The van der Waals surface area contributed by atoms with Crippen molar-refractivity contribution in [2.75, 3.05) is 0 Å². The summed E-state index contributed by atoms with van der Waals surface area (Å²) in [7, 11) is 0.